The highest BCUT2D eigenvalue weighted by atomic mass is 35.5. The van der Waals surface area contributed by atoms with Crippen molar-refractivity contribution >= 4 is 29.1 Å². The number of benzene rings is 2. The lowest BCUT2D eigenvalue weighted by Crippen LogP contribution is -2.27. The topological polar surface area (TPSA) is 29.1 Å². The Bertz CT molecular complexity index is 646. The first kappa shape index (κ1) is 14.8. The largest absolute Gasteiger partial charge is 0.345 e. The van der Waals surface area contributed by atoms with Gasteiger partial charge in [0.1, 0.15) is 5.82 Å². The number of carbonyl (C=O) groups is 1. The number of rotatable bonds is 3. The van der Waals surface area contributed by atoms with E-state index in [-0.39, 0.29) is 16.7 Å². The van der Waals surface area contributed by atoms with Gasteiger partial charge in [-0.3, -0.25) is 4.79 Å². The third kappa shape index (κ3) is 3.30. The average molecular weight is 312 g/mol. The Morgan fingerprint density at radius 1 is 1.20 bits per heavy atom. The van der Waals surface area contributed by atoms with Crippen molar-refractivity contribution in [2.24, 2.45) is 0 Å². The van der Waals surface area contributed by atoms with Gasteiger partial charge < -0.3 is 5.32 Å². The van der Waals surface area contributed by atoms with Gasteiger partial charge in [0, 0.05) is 10.6 Å². The quantitative estimate of drug-likeness (QED) is 0.880. The van der Waals surface area contributed by atoms with Crippen LogP contribution in [0, 0.1) is 5.82 Å². The molecule has 0 aliphatic heterocycles. The minimum absolute atomic E-state index is 0.260. The molecule has 0 aromatic heterocycles. The highest BCUT2D eigenvalue weighted by Crippen LogP contribution is 2.22. The molecule has 0 bridgehead atoms. The van der Waals surface area contributed by atoms with E-state index in [2.05, 4.69) is 5.32 Å². The first-order chi connectivity index (χ1) is 9.49. The molecule has 0 saturated heterocycles. The Morgan fingerprint density at radius 3 is 2.55 bits per heavy atom. The van der Waals surface area contributed by atoms with Gasteiger partial charge in [0.2, 0.25) is 0 Å². The molecule has 104 valence electrons. The fraction of sp³-hybridized carbons (Fsp3) is 0.133. The van der Waals surface area contributed by atoms with Crippen molar-refractivity contribution in [1.82, 2.24) is 5.32 Å². The fourth-order valence-electron chi connectivity index (χ4n) is 1.85. The van der Waals surface area contributed by atoms with Gasteiger partial charge in [-0.2, -0.15) is 0 Å². The molecule has 2 aromatic rings. The van der Waals surface area contributed by atoms with E-state index in [1.807, 2.05) is 0 Å². The molecule has 20 heavy (non-hydrogen) atoms. The Morgan fingerprint density at radius 2 is 1.90 bits per heavy atom. The van der Waals surface area contributed by atoms with Gasteiger partial charge in [0.05, 0.1) is 16.6 Å². The standard InChI is InChI=1S/C15H12Cl2FNO/c1-9(11-4-2-3-5-14(11)18)19-15(20)12-7-6-10(16)8-13(12)17/h2-9H,1H3,(H,19,20)/t9-/m0/s1. The van der Waals surface area contributed by atoms with Crippen molar-refractivity contribution in [1.29, 1.82) is 0 Å². The van der Waals surface area contributed by atoms with E-state index in [4.69, 9.17) is 23.2 Å². The number of hydrogen-bond donors (Lipinski definition) is 1. The zero-order valence-electron chi connectivity index (χ0n) is 10.7. The third-order valence-electron chi connectivity index (χ3n) is 2.90. The molecule has 1 amide bonds. The molecular weight excluding hydrogens is 300 g/mol. The Kier molecular flexibility index (Phi) is 4.63. The fourth-order valence-corrected chi connectivity index (χ4v) is 2.35. The van der Waals surface area contributed by atoms with Gasteiger partial charge in [-0.15, -0.1) is 0 Å². The van der Waals surface area contributed by atoms with Crippen LogP contribution in [0.15, 0.2) is 42.5 Å². The predicted molar refractivity (Wildman–Crippen MR) is 78.7 cm³/mol. The number of carbonyl (C=O) groups excluding carboxylic acids is 1. The summed E-state index contributed by atoms with van der Waals surface area (Å²) in [6.45, 7) is 1.71. The Balaban J connectivity index is 2.17. The van der Waals surface area contributed by atoms with Crippen molar-refractivity contribution in [2.75, 3.05) is 0 Å². The molecule has 0 aliphatic carbocycles. The molecular formula is C15H12Cl2FNO. The van der Waals surface area contributed by atoms with Gasteiger partial charge in [-0.25, -0.2) is 4.39 Å². The van der Waals surface area contributed by atoms with Gasteiger partial charge in [-0.1, -0.05) is 41.4 Å². The molecule has 0 saturated carbocycles. The highest BCUT2D eigenvalue weighted by Gasteiger charge is 2.16. The molecule has 5 heteroatoms. The summed E-state index contributed by atoms with van der Waals surface area (Å²) < 4.78 is 13.6. The van der Waals surface area contributed by atoms with E-state index < -0.39 is 6.04 Å². The summed E-state index contributed by atoms with van der Waals surface area (Å²) in [5.74, 6) is -0.732. The van der Waals surface area contributed by atoms with Crippen molar-refractivity contribution in [2.45, 2.75) is 13.0 Å². The van der Waals surface area contributed by atoms with Gasteiger partial charge >= 0.3 is 0 Å². The van der Waals surface area contributed by atoms with Crippen LogP contribution in [0.4, 0.5) is 4.39 Å². The summed E-state index contributed by atoms with van der Waals surface area (Å²) in [5, 5.41) is 3.42. The van der Waals surface area contributed by atoms with Gasteiger partial charge in [0.15, 0.2) is 0 Å². The lowest BCUT2D eigenvalue weighted by atomic mass is 10.1. The molecule has 1 N–H and O–H groups in total. The van der Waals surface area contributed by atoms with Crippen LogP contribution < -0.4 is 5.32 Å². The molecule has 1 atom stereocenters. The third-order valence-corrected chi connectivity index (χ3v) is 3.44. The second-order valence-corrected chi connectivity index (χ2v) is 5.18. The molecule has 0 fully saturated rings. The smallest absolute Gasteiger partial charge is 0.253 e. The van der Waals surface area contributed by atoms with E-state index in [1.54, 1.807) is 31.2 Å². The van der Waals surface area contributed by atoms with Gasteiger partial charge in [0.25, 0.3) is 5.91 Å². The number of amides is 1. The molecule has 0 aliphatic rings. The van der Waals surface area contributed by atoms with Crippen molar-refractivity contribution in [3.05, 3.63) is 69.5 Å². The van der Waals surface area contributed by atoms with Crippen LogP contribution in [0.3, 0.4) is 0 Å². The second kappa shape index (κ2) is 6.25. The van der Waals surface area contributed by atoms with Crippen LogP contribution in [0.25, 0.3) is 0 Å². The summed E-state index contributed by atoms with van der Waals surface area (Å²) in [7, 11) is 0. The normalized spacial score (nSPS) is 12.0. The second-order valence-electron chi connectivity index (χ2n) is 4.34. The summed E-state index contributed by atoms with van der Waals surface area (Å²) in [6, 6.07) is 10.4. The van der Waals surface area contributed by atoms with E-state index in [0.29, 0.717) is 16.1 Å². The van der Waals surface area contributed by atoms with Crippen LogP contribution in [0.1, 0.15) is 28.9 Å². The van der Waals surface area contributed by atoms with Crippen molar-refractivity contribution < 1.29 is 9.18 Å². The summed E-state index contributed by atoms with van der Waals surface area (Å²) >= 11 is 11.7. The number of halogens is 3. The van der Waals surface area contributed by atoms with Crippen LogP contribution in [-0.2, 0) is 0 Å². The minimum atomic E-state index is -0.463. The average Bonchev–Trinajstić information content (AvgIpc) is 2.38. The summed E-state index contributed by atoms with van der Waals surface area (Å²) in [4.78, 5) is 12.1. The first-order valence-electron chi connectivity index (χ1n) is 5.99. The van der Waals surface area contributed by atoms with Crippen LogP contribution in [0.2, 0.25) is 10.0 Å². The van der Waals surface area contributed by atoms with Crippen molar-refractivity contribution in [3.8, 4) is 0 Å². The molecule has 2 aromatic carbocycles. The zero-order valence-corrected chi connectivity index (χ0v) is 12.2. The van der Waals surface area contributed by atoms with E-state index in [0.717, 1.165) is 0 Å². The molecule has 0 spiro atoms. The monoisotopic (exact) mass is 311 g/mol. The first-order valence-corrected chi connectivity index (χ1v) is 6.75. The lowest BCUT2D eigenvalue weighted by molar-refractivity contribution is 0.0939. The molecule has 0 heterocycles. The maximum Gasteiger partial charge on any atom is 0.253 e. The summed E-state index contributed by atoms with van der Waals surface area (Å²) in [6.07, 6.45) is 0. The Hall–Kier alpha value is -1.58. The lowest BCUT2D eigenvalue weighted by Gasteiger charge is -2.15. The SMILES string of the molecule is C[C@H](NC(=O)c1ccc(Cl)cc1Cl)c1ccccc1F. The van der Waals surface area contributed by atoms with E-state index in [1.165, 1.54) is 18.2 Å². The molecule has 2 rings (SSSR count). The Labute approximate surface area is 126 Å². The van der Waals surface area contributed by atoms with Crippen LogP contribution >= 0.6 is 23.2 Å². The van der Waals surface area contributed by atoms with Crippen LogP contribution in [-0.4, -0.2) is 5.91 Å². The number of nitrogens with one attached hydrogen (secondary N) is 1. The van der Waals surface area contributed by atoms with Crippen molar-refractivity contribution in [3.63, 3.8) is 0 Å². The van der Waals surface area contributed by atoms with E-state index >= 15 is 0 Å². The van der Waals surface area contributed by atoms with Gasteiger partial charge in [-0.05, 0) is 31.2 Å². The summed E-state index contributed by atoms with van der Waals surface area (Å²) in [5.41, 5.74) is 0.727. The molecule has 2 nitrogen and oxygen atoms in total. The zero-order chi connectivity index (χ0) is 14.7. The minimum Gasteiger partial charge on any atom is -0.345 e. The number of hydrogen-bond acceptors (Lipinski definition) is 1. The maximum atomic E-state index is 13.6. The predicted octanol–water partition coefficient (Wildman–Crippen LogP) is 4.62. The van der Waals surface area contributed by atoms with E-state index in [9.17, 15) is 9.18 Å². The highest BCUT2D eigenvalue weighted by molar-refractivity contribution is 6.36. The molecule has 0 radical (unpaired) electrons. The maximum absolute atomic E-state index is 13.6. The molecule has 0 unspecified atom stereocenters. The van der Waals surface area contributed by atoms with Crippen LogP contribution in [0.5, 0.6) is 0 Å².